The zero-order valence-corrected chi connectivity index (χ0v) is 13.2. The molecule has 1 fully saturated rings. The second kappa shape index (κ2) is 6.08. The van der Waals surface area contributed by atoms with E-state index in [1.807, 2.05) is 12.1 Å². The van der Waals surface area contributed by atoms with Crippen molar-refractivity contribution in [2.75, 3.05) is 26.2 Å². The molecule has 5 heteroatoms. The topological polar surface area (TPSA) is 44.0 Å². The second-order valence-electron chi connectivity index (χ2n) is 5.16. The van der Waals surface area contributed by atoms with Crippen LogP contribution in [0.25, 0.3) is 11.3 Å². The normalized spacial score (nSPS) is 16.5. The fourth-order valence-electron chi connectivity index (χ4n) is 2.59. The minimum Gasteiger partial charge on any atom is -0.344 e. The molecule has 0 amide bonds. The summed E-state index contributed by atoms with van der Waals surface area (Å²) in [5.74, 6) is 1.05. The van der Waals surface area contributed by atoms with Crippen LogP contribution in [0.1, 0.15) is 11.5 Å². The number of piperazine rings is 1. The average molecular weight is 335 g/mol. The van der Waals surface area contributed by atoms with Gasteiger partial charge in [0.15, 0.2) is 0 Å². The number of nitrogens with one attached hydrogen (secondary N) is 2. The van der Waals surface area contributed by atoms with E-state index >= 15 is 0 Å². The molecule has 1 aliphatic rings. The molecule has 1 aromatic carbocycles. The number of benzene rings is 1. The van der Waals surface area contributed by atoms with Gasteiger partial charge in [-0.05, 0) is 13.0 Å². The minimum absolute atomic E-state index is 0.896. The second-order valence-corrected chi connectivity index (χ2v) is 6.02. The molecule has 1 aromatic heterocycles. The lowest BCUT2D eigenvalue weighted by atomic mass is 10.1. The van der Waals surface area contributed by atoms with Gasteiger partial charge in [0.1, 0.15) is 5.82 Å². The SMILES string of the molecule is Cc1[nH]c(CN2CCNCC2)nc1-c1ccccc1Br. The number of imidazole rings is 1. The number of rotatable bonds is 3. The van der Waals surface area contributed by atoms with E-state index in [1.165, 1.54) is 0 Å². The lowest BCUT2D eigenvalue weighted by molar-refractivity contribution is 0.228. The molecule has 0 aliphatic carbocycles. The maximum Gasteiger partial charge on any atom is 0.121 e. The van der Waals surface area contributed by atoms with E-state index in [1.54, 1.807) is 0 Å². The van der Waals surface area contributed by atoms with Gasteiger partial charge in [0, 0.05) is 41.9 Å². The van der Waals surface area contributed by atoms with Gasteiger partial charge in [0.2, 0.25) is 0 Å². The van der Waals surface area contributed by atoms with E-state index < -0.39 is 0 Å². The van der Waals surface area contributed by atoms with Crippen LogP contribution in [-0.2, 0) is 6.54 Å². The standard InChI is InChI=1S/C15H19BrN4/c1-11-15(12-4-2-3-5-13(12)16)19-14(18-11)10-20-8-6-17-7-9-20/h2-5,17H,6-10H2,1H3,(H,18,19). The molecule has 1 aliphatic heterocycles. The highest BCUT2D eigenvalue weighted by Gasteiger charge is 2.15. The van der Waals surface area contributed by atoms with Crippen molar-refractivity contribution in [3.63, 3.8) is 0 Å². The van der Waals surface area contributed by atoms with E-state index in [4.69, 9.17) is 4.98 Å². The summed E-state index contributed by atoms with van der Waals surface area (Å²) in [5.41, 5.74) is 3.32. The van der Waals surface area contributed by atoms with Gasteiger partial charge in [-0.25, -0.2) is 4.98 Å². The Bertz CT molecular complexity index is 587. The largest absolute Gasteiger partial charge is 0.344 e. The number of nitrogens with zero attached hydrogens (tertiary/aromatic N) is 2. The molecular weight excluding hydrogens is 316 g/mol. The van der Waals surface area contributed by atoms with Crippen molar-refractivity contribution in [3.05, 3.63) is 40.3 Å². The van der Waals surface area contributed by atoms with Gasteiger partial charge in [-0.2, -0.15) is 0 Å². The van der Waals surface area contributed by atoms with Crippen LogP contribution in [0.4, 0.5) is 0 Å². The van der Waals surface area contributed by atoms with Crippen LogP contribution in [0.2, 0.25) is 0 Å². The van der Waals surface area contributed by atoms with E-state index in [0.29, 0.717) is 0 Å². The average Bonchev–Trinajstić information content (AvgIpc) is 2.81. The third kappa shape index (κ3) is 2.95. The van der Waals surface area contributed by atoms with Gasteiger partial charge < -0.3 is 10.3 Å². The van der Waals surface area contributed by atoms with Crippen molar-refractivity contribution in [3.8, 4) is 11.3 Å². The Hall–Kier alpha value is -1.17. The predicted molar refractivity (Wildman–Crippen MR) is 84.6 cm³/mol. The first-order valence-corrected chi connectivity index (χ1v) is 7.77. The molecule has 0 spiro atoms. The fraction of sp³-hybridized carbons (Fsp3) is 0.400. The van der Waals surface area contributed by atoms with E-state index in [2.05, 4.69) is 50.2 Å². The van der Waals surface area contributed by atoms with Gasteiger partial charge in [0.25, 0.3) is 0 Å². The number of halogens is 1. The Kier molecular flexibility index (Phi) is 4.19. The van der Waals surface area contributed by atoms with Crippen LogP contribution >= 0.6 is 15.9 Å². The number of aryl methyl sites for hydroxylation is 1. The first-order valence-electron chi connectivity index (χ1n) is 6.97. The summed E-state index contributed by atoms with van der Waals surface area (Å²) in [7, 11) is 0. The summed E-state index contributed by atoms with van der Waals surface area (Å²) < 4.78 is 1.09. The van der Waals surface area contributed by atoms with Gasteiger partial charge in [-0.15, -0.1) is 0 Å². The molecule has 106 valence electrons. The summed E-state index contributed by atoms with van der Waals surface area (Å²) >= 11 is 3.60. The zero-order valence-electron chi connectivity index (χ0n) is 11.6. The lowest BCUT2D eigenvalue weighted by Gasteiger charge is -2.26. The Labute approximate surface area is 127 Å². The van der Waals surface area contributed by atoms with Crippen molar-refractivity contribution in [1.82, 2.24) is 20.2 Å². The maximum absolute atomic E-state index is 4.79. The smallest absolute Gasteiger partial charge is 0.121 e. The summed E-state index contributed by atoms with van der Waals surface area (Å²) in [6, 6.07) is 8.22. The number of hydrogen-bond acceptors (Lipinski definition) is 3. The molecule has 0 radical (unpaired) electrons. The Morgan fingerprint density at radius 1 is 1.25 bits per heavy atom. The fourth-order valence-corrected chi connectivity index (χ4v) is 3.07. The van der Waals surface area contributed by atoms with Crippen LogP contribution in [0.15, 0.2) is 28.7 Å². The molecule has 2 N–H and O–H groups in total. The first-order chi connectivity index (χ1) is 9.74. The summed E-state index contributed by atoms with van der Waals surface area (Å²) in [4.78, 5) is 10.6. The first kappa shape index (κ1) is 13.8. The van der Waals surface area contributed by atoms with Crippen LogP contribution in [0, 0.1) is 6.92 Å². The summed E-state index contributed by atoms with van der Waals surface area (Å²) in [6.07, 6.45) is 0. The molecule has 3 rings (SSSR count). The van der Waals surface area contributed by atoms with E-state index in [-0.39, 0.29) is 0 Å². The molecule has 20 heavy (non-hydrogen) atoms. The Morgan fingerprint density at radius 2 is 2.00 bits per heavy atom. The third-order valence-electron chi connectivity index (χ3n) is 3.65. The molecule has 0 atom stereocenters. The molecule has 0 unspecified atom stereocenters. The zero-order chi connectivity index (χ0) is 13.9. The molecule has 1 saturated heterocycles. The molecule has 2 heterocycles. The van der Waals surface area contributed by atoms with Gasteiger partial charge >= 0.3 is 0 Å². The molecule has 0 bridgehead atoms. The third-order valence-corrected chi connectivity index (χ3v) is 4.34. The van der Waals surface area contributed by atoms with E-state index in [0.717, 1.165) is 60.0 Å². The van der Waals surface area contributed by atoms with Crippen molar-refractivity contribution in [2.24, 2.45) is 0 Å². The highest BCUT2D eigenvalue weighted by Crippen LogP contribution is 2.28. The lowest BCUT2D eigenvalue weighted by Crippen LogP contribution is -2.43. The van der Waals surface area contributed by atoms with Gasteiger partial charge in [0.05, 0.1) is 12.2 Å². The maximum atomic E-state index is 4.79. The monoisotopic (exact) mass is 334 g/mol. The van der Waals surface area contributed by atoms with Gasteiger partial charge in [-0.1, -0.05) is 34.1 Å². The van der Waals surface area contributed by atoms with Crippen LogP contribution in [0.5, 0.6) is 0 Å². The van der Waals surface area contributed by atoms with Crippen molar-refractivity contribution in [2.45, 2.75) is 13.5 Å². The number of H-pyrrole nitrogens is 1. The summed E-state index contributed by atoms with van der Waals surface area (Å²) in [5, 5.41) is 3.37. The van der Waals surface area contributed by atoms with Crippen molar-refractivity contribution in [1.29, 1.82) is 0 Å². The van der Waals surface area contributed by atoms with Crippen molar-refractivity contribution >= 4 is 15.9 Å². The van der Waals surface area contributed by atoms with Crippen LogP contribution in [-0.4, -0.2) is 41.0 Å². The highest BCUT2D eigenvalue weighted by molar-refractivity contribution is 9.10. The Morgan fingerprint density at radius 3 is 2.75 bits per heavy atom. The molecule has 2 aromatic rings. The quantitative estimate of drug-likeness (QED) is 0.906. The number of aromatic nitrogens is 2. The van der Waals surface area contributed by atoms with Crippen LogP contribution in [0.3, 0.4) is 0 Å². The minimum atomic E-state index is 0.896. The molecule has 4 nitrogen and oxygen atoms in total. The number of hydrogen-bond donors (Lipinski definition) is 2. The van der Waals surface area contributed by atoms with Crippen molar-refractivity contribution < 1.29 is 0 Å². The number of aromatic amines is 1. The predicted octanol–water partition coefficient (Wildman–Crippen LogP) is 2.55. The molecular formula is C15H19BrN4. The highest BCUT2D eigenvalue weighted by atomic mass is 79.9. The summed E-state index contributed by atoms with van der Waals surface area (Å²) in [6.45, 7) is 7.29. The van der Waals surface area contributed by atoms with Crippen LogP contribution < -0.4 is 5.32 Å². The molecule has 0 saturated carbocycles. The van der Waals surface area contributed by atoms with E-state index in [9.17, 15) is 0 Å². The van der Waals surface area contributed by atoms with Gasteiger partial charge in [-0.3, -0.25) is 4.90 Å². The Balaban J connectivity index is 1.82.